The SMILES string of the molecule is O=c1/c(=C\c2c(Cl)cccc2Cl)sc2nc(-c3ccc(Cl)cc3)nn12. The van der Waals surface area contributed by atoms with Crippen molar-refractivity contribution >= 4 is 57.2 Å². The number of rotatable bonds is 2. The summed E-state index contributed by atoms with van der Waals surface area (Å²) in [6, 6.07) is 12.3. The van der Waals surface area contributed by atoms with E-state index in [1.54, 1.807) is 36.4 Å². The van der Waals surface area contributed by atoms with E-state index in [1.807, 2.05) is 12.1 Å². The van der Waals surface area contributed by atoms with Crippen molar-refractivity contribution in [1.82, 2.24) is 14.6 Å². The van der Waals surface area contributed by atoms with Crippen molar-refractivity contribution in [2.45, 2.75) is 0 Å². The van der Waals surface area contributed by atoms with Gasteiger partial charge in [-0.2, -0.15) is 9.50 Å². The van der Waals surface area contributed by atoms with Gasteiger partial charge in [0.1, 0.15) is 0 Å². The summed E-state index contributed by atoms with van der Waals surface area (Å²) in [5, 5.41) is 5.88. The molecular weight excluding hydrogens is 401 g/mol. The molecule has 0 atom stereocenters. The Kier molecular flexibility index (Phi) is 4.25. The van der Waals surface area contributed by atoms with Crippen molar-refractivity contribution < 1.29 is 0 Å². The number of thiazole rings is 1. The lowest BCUT2D eigenvalue weighted by molar-refractivity contribution is 0.937. The van der Waals surface area contributed by atoms with E-state index in [0.717, 1.165) is 5.56 Å². The maximum absolute atomic E-state index is 12.6. The summed E-state index contributed by atoms with van der Waals surface area (Å²) >= 11 is 19.4. The molecule has 0 aliphatic rings. The second kappa shape index (κ2) is 6.42. The summed E-state index contributed by atoms with van der Waals surface area (Å²) in [7, 11) is 0. The van der Waals surface area contributed by atoms with E-state index >= 15 is 0 Å². The Hall–Kier alpha value is -1.92. The molecule has 0 aliphatic carbocycles. The van der Waals surface area contributed by atoms with E-state index in [4.69, 9.17) is 34.8 Å². The first-order valence-electron chi connectivity index (χ1n) is 7.14. The van der Waals surface area contributed by atoms with Crippen molar-refractivity contribution in [3.8, 4) is 11.4 Å². The third kappa shape index (κ3) is 3.04. The minimum Gasteiger partial charge on any atom is -0.266 e. The minimum absolute atomic E-state index is 0.260. The summed E-state index contributed by atoms with van der Waals surface area (Å²) in [4.78, 5) is 17.5. The predicted octanol–water partition coefficient (Wildman–Crippen LogP) is 4.33. The van der Waals surface area contributed by atoms with Crippen LogP contribution in [0.15, 0.2) is 47.3 Å². The number of hydrogen-bond acceptors (Lipinski definition) is 4. The highest BCUT2D eigenvalue weighted by atomic mass is 35.5. The molecule has 25 heavy (non-hydrogen) atoms. The fourth-order valence-corrected chi connectivity index (χ4v) is 3.86. The van der Waals surface area contributed by atoms with Gasteiger partial charge in [-0.3, -0.25) is 4.79 Å². The van der Waals surface area contributed by atoms with Crippen LogP contribution in [0, 0.1) is 0 Å². The Morgan fingerprint density at radius 3 is 2.32 bits per heavy atom. The number of aromatic nitrogens is 3. The van der Waals surface area contributed by atoms with E-state index in [1.165, 1.54) is 15.9 Å². The number of fused-ring (bicyclic) bond motifs is 1. The molecule has 2 aromatic heterocycles. The highest BCUT2D eigenvalue weighted by Crippen LogP contribution is 2.25. The average Bonchev–Trinajstić information content (AvgIpc) is 3.12. The molecule has 2 heterocycles. The largest absolute Gasteiger partial charge is 0.291 e. The standard InChI is InChI=1S/C17H8Cl3N3OS/c18-10-6-4-9(5-7-10)15-21-17-23(22-15)16(24)14(25-17)8-11-12(19)2-1-3-13(11)20/h1-8H/b14-8+. The molecule has 124 valence electrons. The molecule has 4 aromatic rings. The van der Waals surface area contributed by atoms with E-state index < -0.39 is 0 Å². The molecule has 0 N–H and O–H groups in total. The van der Waals surface area contributed by atoms with E-state index in [-0.39, 0.29) is 5.56 Å². The maximum Gasteiger partial charge on any atom is 0.291 e. The van der Waals surface area contributed by atoms with Crippen LogP contribution in [0.5, 0.6) is 0 Å². The third-order valence-corrected chi connectivity index (χ3v) is 5.43. The highest BCUT2D eigenvalue weighted by Gasteiger charge is 2.12. The first kappa shape index (κ1) is 16.5. The van der Waals surface area contributed by atoms with Crippen LogP contribution in [0.1, 0.15) is 5.56 Å². The molecule has 2 aromatic carbocycles. The zero-order valence-electron chi connectivity index (χ0n) is 12.4. The number of benzene rings is 2. The Balaban J connectivity index is 1.85. The normalized spacial score (nSPS) is 12.2. The Morgan fingerprint density at radius 2 is 1.68 bits per heavy atom. The van der Waals surface area contributed by atoms with Gasteiger partial charge >= 0.3 is 0 Å². The number of halogens is 3. The van der Waals surface area contributed by atoms with Crippen LogP contribution in [-0.4, -0.2) is 14.6 Å². The van der Waals surface area contributed by atoms with E-state index in [0.29, 0.717) is 35.9 Å². The van der Waals surface area contributed by atoms with Crippen LogP contribution in [0.3, 0.4) is 0 Å². The van der Waals surface area contributed by atoms with Gasteiger partial charge in [0.15, 0.2) is 5.82 Å². The van der Waals surface area contributed by atoms with Gasteiger partial charge in [0, 0.05) is 26.2 Å². The molecule has 0 spiro atoms. The maximum atomic E-state index is 12.6. The monoisotopic (exact) mass is 407 g/mol. The number of hydrogen-bond donors (Lipinski definition) is 0. The summed E-state index contributed by atoms with van der Waals surface area (Å²) < 4.78 is 1.75. The number of nitrogens with zero attached hydrogens (tertiary/aromatic N) is 3. The van der Waals surface area contributed by atoms with Crippen molar-refractivity contribution in [2.24, 2.45) is 0 Å². The van der Waals surface area contributed by atoms with Gasteiger partial charge in [0.05, 0.1) is 4.53 Å². The molecule has 0 unspecified atom stereocenters. The molecule has 8 heteroatoms. The molecule has 0 saturated carbocycles. The van der Waals surface area contributed by atoms with E-state index in [9.17, 15) is 4.79 Å². The van der Waals surface area contributed by atoms with Gasteiger partial charge in [-0.05, 0) is 42.5 Å². The molecule has 0 amide bonds. The fourth-order valence-electron chi connectivity index (χ4n) is 2.33. The first-order chi connectivity index (χ1) is 12.0. The second-order valence-electron chi connectivity index (χ2n) is 5.19. The first-order valence-corrected chi connectivity index (χ1v) is 9.09. The molecule has 0 fully saturated rings. The van der Waals surface area contributed by atoms with Gasteiger partial charge in [0.2, 0.25) is 4.96 Å². The van der Waals surface area contributed by atoms with Gasteiger partial charge in [-0.1, -0.05) is 52.2 Å². The highest BCUT2D eigenvalue weighted by molar-refractivity contribution is 7.15. The van der Waals surface area contributed by atoms with Crippen molar-refractivity contribution in [1.29, 1.82) is 0 Å². The predicted molar refractivity (Wildman–Crippen MR) is 103 cm³/mol. The summed E-state index contributed by atoms with van der Waals surface area (Å²) in [5.41, 5.74) is 1.13. The van der Waals surface area contributed by atoms with Gasteiger partial charge in [0.25, 0.3) is 5.56 Å². The summed E-state index contributed by atoms with van der Waals surface area (Å²) in [6.45, 7) is 0. The lowest BCUT2D eigenvalue weighted by Gasteiger charge is -1.99. The van der Waals surface area contributed by atoms with Crippen molar-refractivity contribution in [3.63, 3.8) is 0 Å². The third-order valence-electron chi connectivity index (χ3n) is 3.56. The lowest BCUT2D eigenvalue weighted by Crippen LogP contribution is -2.23. The molecule has 0 aliphatic heterocycles. The van der Waals surface area contributed by atoms with Gasteiger partial charge < -0.3 is 0 Å². The average molecular weight is 409 g/mol. The molecule has 0 saturated heterocycles. The Bertz CT molecular complexity index is 1180. The Morgan fingerprint density at radius 1 is 1.00 bits per heavy atom. The zero-order chi connectivity index (χ0) is 17.6. The smallest absolute Gasteiger partial charge is 0.266 e. The van der Waals surface area contributed by atoms with Crippen LogP contribution in [0.4, 0.5) is 0 Å². The second-order valence-corrected chi connectivity index (χ2v) is 7.45. The van der Waals surface area contributed by atoms with Crippen LogP contribution in [0.2, 0.25) is 15.1 Å². The Labute approximate surface area is 160 Å². The molecular formula is C17H8Cl3N3OS. The topological polar surface area (TPSA) is 47.3 Å². The molecule has 4 nitrogen and oxygen atoms in total. The van der Waals surface area contributed by atoms with Crippen molar-refractivity contribution in [2.75, 3.05) is 0 Å². The molecule has 0 radical (unpaired) electrons. The lowest BCUT2D eigenvalue weighted by atomic mass is 10.2. The van der Waals surface area contributed by atoms with E-state index in [2.05, 4.69) is 10.1 Å². The van der Waals surface area contributed by atoms with Crippen LogP contribution in [0.25, 0.3) is 22.4 Å². The van der Waals surface area contributed by atoms with Gasteiger partial charge in [-0.15, -0.1) is 5.10 Å². The van der Waals surface area contributed by atoms with Crippen LogP contribution < -0.4 is 10.1 Å². The van der Waals surface area contributed by atoms with Crippen molar-refractivity contribution in [3.05, 3.63) is 78.0 Å². The van der Waals surface area contributed by atoms with Crippen LogP contribution >= 0.6 is 46.1 Å². The summed E-state index contributed by atoms with van der Waals surface area (Å²) in [6.07, 6.45) is 1.66. The minimum atomic E-state index is -0.260. The zero-order valence-corrected chi connectivity index (χ0v) is 15.5. The quantitative estimate of drug-likeness (QED) is 0.496. The van der Waals surface area contributed by atoms with Gasteiger partial charge in [-0.25, -0.2) is 0 Å². The molecule has 4 rings (SSSR count). The molecule has 0 bridgehead atoms. The summed E-state index contributed by atoms with van der Waals surface area (Å²) in [5.74, 6) is 0.474. The fraction of sp³-hybridized carbons (Fsp3) is 0. The van der Waals surface area contributed by atoms with Crippen LogP contribution in [-0.2, 0) is 0 Å².